The molecule has 9 aromatic rings. The summed E-state index contributed by atoms with van der Waals surface area (Å²) in [7, 11) is 0. The summed E-state index contributed by atoms with van der Waals surface area (Å²) in [6, 6.07) is 26.4. The molecular weight excluding hydrogens is 520 g/mol. The normalized spacial score (nSPS) is 15.0. The third-order valence-corrected chi connectivity index (χ3v) is 8.20. The van der Waals surface area contributed by atoms with Crippen LogP contribution in [0.15, 0.2) is 162 Å². The molecule has 200 valence electrons. The molecule has 1 heterocycles. The lowest BCUT2D eigenvalue weighted by atomic mass is 9.84. The van der Waals surface area contributed by atoms with Gasteiger partial charge in [0, 0.05) is 10.8 Å². The fraction of sp³-hybridized carbons (Fsp3) is 0. The minimum atomic E-state index is -0.514. The van der Waals surface area contributed by atoms with Crippen molar-refractivity contribution >= 4 is 54.3 Å². The molecule has 1 heteroatoms. The Kier molecular flexibility index (Phi) is 3.53. The summed E-state index contributed by atoms with van der Waals surface area (Å²) in [6.07, 6.45) is 0. The van der Waals surface area contributed by atoms with E-state index in [2.05, 4.69) is 12.1 Å². The van der Waals surface area contributed by atoms with E-state index < -0.39 is 36.3 Å². The van der Waals surface area contributed by atoms with Crippen LogP contribution in [0.4, 0.5) is 0 Å². The number of fused-ring (bicyclic) bond motifs is 6. The van der Waals surface area contributed by atoms with Crippen LogP contribution in [0.1, 0.15) is 13.7 Å². The van der Waals surface area contributed by atoms with Gasteiger partial charge in [-0.15, -0.1) is 0 Å². The standard InChI is InChI=1S/C42H26O/c1-3-12-27(13-4-1)31-22-23-34-36(24-31)40(28-14-5-2-6-15-28)32-18-9-10-19-33(32)41(34)35-20-11-21-38-42(35)37-25-29-16-7-8-17-30(29)26-39(37)43-38/h1-26H/i1D,2D,3D,4D,5D,6D,12D,13D,14D,15D. The van der Waals surface area contributed by atoms with E-state index in [9.17, 15) is 0 Å². The molecule has 1 nitrogen and oxygen atoms in total. The van der Waals surface area contributed by atoms with Crippen molar-refractivity contribution in [1.82, 2.24) is 0 Å². The van der Waals surface area contributed by atoms with Gasteiger partial charge in [0.25, 0.3) is 0 Å². The predicted octanol–water partition coefficient (Wildman–Crippen LogP) is 12.0. The Bertz CT molecular complexity index is 3020. The SMILES string of the molecule is [2H]c1c([2H])c([2H])c(-c2ccc3c(-c4cccc5oc6cc7ccccc7cc6c45)c4ccccc4c(-c4c([2H])c([2H])c([2H])c([2H])c4[2H])c3c2)c([2H])c1[2H]. The summed E-state index contributed by atoms with van der Waals surface area (Å²) in [5, 5.41) is 6.41. The molecule has 8 aromatic carbocycles. The van der Waals surface area contributed by atoms with E-state index in [1.165, 1.54) is 0 Å². The maximum absolute atomic E-state index is 9.03. The number of hydrogen-bond donors (Lipinski definition) is 0. The fourth-order valence-electron chi connectivity index (χ4n) is 6.38. The van der Waals surface area contributed by atoms with E-state index >= 15 is 0 Å². The first-order chi connectivity index (χ1) is 25.5. The Morgan fingerprint density at radius 1 is 0.419 bits per heavy atom. The first kappa shape index (κ1) is 16.1. The Balaban J connectivity index is 1.49. The Morgan fingerprint density at radius 2 is 1.07 bits per heavy atom. The van der Waals surface area contributed by atoms with Crippen LogP contribution in [0.2, 0.25) is 0 Å². The van der Waals surface area contributed by atoms with E-state index in [0.29, 0.717) is 32.9 Å². The highest BCUT2D eigenvalue weighted by Gasteiger charge is 2.21. The van der Waals surface area contributed by atoms with E-state index in [-0.39, 0.29) is 35.3 Å². The van der Waals surface area contributed by atoms with Crippen molar-refractivity contribution in [2.45, 2.75) is 0 Å². The highest BCUT2D eigenvalue weighted by atomic mass is 16.3. The smallest absolute Gasteiger partial charge is 0.136 e. The highest BCUT2D eigenvalue weighted by molar-refractivity contribution is 6.26. The number of rotatable bonds is 3. The van der Waals surface area contributed by atoms with E-state index in [0.717, 1.165) is 43.6 Å². The largest absolute Gasteiger partial charge is 0.456 e. The average molecular weight is 557 g/mol. The van der Waals surface area contributed by atoms with Crippen molar-refractivity contribution in [3.63, 3.8) is 0 Å². The zero-order valence-corrected chi connectivity index (χ0v) is 22.6. The molecule has 0 unspecified atom stereocenters. The third kappa shape index (κ3) is 3.72. The van der Waals surface area contributed by atoms with Gasteiger partial charge in [-0.2, -0.15) is 0 Å². The van der Waals surface area contributed by atoms with Crippen molar-refractivity contribution in [2.24, 2.45) is 0 Å². The molecule has 0 radical (unpaired) electrons. The second-order valence-corrected chi connectivity index (χ2v) is 10.5. The van der Waals surface area contributed by atoms with Crippen LogP contribution < -0.4 is 0 Å². The van der Waals surface area contributed by atoms with Crippen LogP contribution >= 0.6 is 0 Å². The number of hydrogen-bond acceptors (Lipinski definition) is 1. The second-order valence-electron chi connectivity index (χ2n) is 10.5. The van der Waals surface area contributed by atoms with Gasteiger partial charge in [0.15, 0.2) is 0 Å². The van der Waals surface area contributed by atoms with Crippen LogP contribution in [0.5, 0.6) is 0 Å². The van der Waals surface area contributed by atoms with Crippen LogP contribution in [-0.2, 0) is 0 Å². The van der Waals surface area contributed by atoms with Crippen molar-refractivity contribution in [2.75, 3.05) is 0 Å². The quantitative estimate of drug-likeness (QED) is 0.197. The molecule has 0 aliphatic carbocycles. The van der Waals surface area contributed by atoms with Gasteiger partial charge in [0.05, 0.1) is 13.7 Å². The van der Waals surface area contributed by atoms with Crippen LogP contribution in [0.25, 0.3) is 87.6 Å². The van der Waals surface area contributed by atoms with E-state index in [4.69, 9.17) is 18.1 Å². The van der Waals surface area contributed by atoms with Gasteiger partial charge in [0.2, 0.25) is 0 Å². The summed E-state index contributed by atoms with van der Waals surface area (Å²) in [5.74, 6) is 0. The van der Waals surface area contributed by atoms with Gasteiger partial charge in [-0.3, -0.25) is 0 Å². The molecule has 0 N–H and O–H groups in total. The maximum atomic E-state index is 9.03. The van der Waals surface area contributed by atoms with E-state index in [1.54, 1.807) is 12.1 Å². The van der Waals surface area contributed by atoms with Crippen LogP contribution in [0.3, 0.4) is 0 Å². The lowest BCUT2D eigenvalue weighted by Crippen LogP contribution is -1.92. The number of furan rings is 1. The molecule has 0 atom stereocenters. The average Bonchev–Trinajstić information content (AvgIpc) is 3.54. The molecule has 0 spiro atoms. The van der Waals surface area contributed by atoms with Gasteiger partial charge in [-0.05, 0) is 90.0 Å². The molecule has 0 saturated heterocycles. The Hall–Kier alpha value is -5.66. The predicted molar refractivity (Wildman–Crippen MR) is 183 cm³/mol. The summed E-state index contributed by atoms with van der Waals surface area (Å²) in [6.45, 7) is 0. The fourth-order valence-corrected chi connectivity index (χ4v) is 6.38. The summed E-state index contributed by atoms with van der Waals surface area (Å²) >= 11 is 0. The zero-order valence-electron chi connectivity index (χ0n) is 32.6. The first-order valence-electron chi connectivity index (χ1n) is 18.9. The lowest BCUT2D eigenvalue weighted by Gasteiger charge is -2.19. The molecule has 0 fully saturated rings. The van der Waals surface area contributed by atoms with Gasteiger partial charge >= 0.3 is 0 Å². The lowest BCUT2D eigenvalue weighted by molar-refractivity contribution is 0.669. The molecule has 0 bridgehead atoms. The topological polar surface area (TPSA) is 13.1 Å². The van der Waals surface area contributed by atoms with Crippen LogP contribution in [0, 0.1) is 0 Å². The highest BCUT2D eigenvalue weighted by Crippen LogP contribution is 2.47. The van der Waals surface area contributed by atoms with Gasteiger partial charge in [0.1, 0.15) is 11.2 Å². The molecule has 9 rings (SSSR count). The molecule has 0 amide bonds. The minimum Gasteiger partial charge on any atom is -0.456 e. The monoisotopic (exact) mass is 556 g/mol. The summed E-state index contributed by atoms with van der Waals surface area (Å²) in [4.78, 5) is 0. The van der Waals surface area contributed by atoms with Crippen molar-refractivity contribution in [3.8, 4) is 33.4 Å². The Morgan fingerprint density at radius 3 is 1.84 bits per heavy atom. The third-order valence-electron chi connectivity index (χ3n) is 8.20. The van der Waals surface area contributed by atoms with Crippen molar-refractivity contribution in [3.05, 3.63) is 157 Å². The van der Waals surface area contributed by atoms with Crippen LogP contribution in [-0.4, -0.2) is 0 Å². The second kappa shape index (κ2) is 9.44. The minimum absolute atomic E-state index is 0.000371. The molecule has 0 aliphatic heterocycles. The first-order valence-corrected chi connectivity index (χ1v) is 13.9. The zero-order chi connectivity index (χ0) is 37.0. The summed E-state index contributed by atoms with van der Waals surface area (Å²) in [5.41, 5.74) is 3.74. The summed E-state index contributed by atoms with van der Waals surface area (Å²) < 4.78 is 92.3. The Labute approximate surface area is 263 Å². The molecule has 0 saturated carbocycles. The van der Waals surface area contributed by atoms with Gasteiger partial charge in [-0.25, -0.2) is 0 Å². The molecule has 43 heavy (non-hydrogen) atoms. The van der Waals surface area contributed by atoms with Crippen molar-refractivity contribution < 1.29 is 18.1 Å². The van der Waals surface area contributed by atoms with E-state index in [1.807, 2.05) is 72.8 Å². The van der Waals surface area contributed by atoms with Crippen molar-refractivity contribution in [1.29, 1.82) is 0 Å². The molecule has 1 aromatic heterocycles. The van der Waals surface area contributed by atoms with Gasteiger partial charge in [-0.1, -0.05) is 133 Å². The molecular formula is C42H26O. The maximum Gasteiger partial charge on any atom is 0.136 e. The molecule has 0 aliphatic rings. The van der Waals surface area contributed by atoms with Gasteiger partial charge < -0.3 is 4.42 Å². The number of benzene rings is 8.